The van der Waals surface area contributed by atoms with Gasteiger partial charge < -0.3 is 19.2 Å². The molecule has 2 aliphatic rings. The molecule has 0 radical (unpaired) electrons. The maximum atomic E-state index is 12.6. The van der Waals surface area contributed by atoms with Crippen molar-refractivity contribution in [2.45, 2.75) is 36.9 Å². The number of nitrogens with one attached hydrogen (secondary N) is 1. The van der Waals surface area contributed by atoms with Crippen LogP contribution in [0.5, 0.6) is 0 Å². The van der Waals surface area contributed by atoms with E-state index in [9.17, 15) is 10.1 Å². The average molecular weight is 508 g/mol. The number of pyridine rings is 1. The summed E-state index contributed by atoms with van der Waals surface area (Å²) in [4.78, 5) is 17.2. The smallest absolute Gasteiger partial charge is 0.291 e. The third-order valence-corrected chi connectivity index (χ3v) is 6.89. The zero-order valence-electron chi connectivity index (χ0n) is 17.8. The van der Waals surface area contributed by atoms with Crippen LogP contribution in [0.15, 0.2) is 63.6 Å². The Hall–Kier alpha value is -2.99. The fraction of sp³-hybridized carbons (Fsp3) is 0.320. The molecule has 1 saturated carbocycles. The Labute approximate surface area is 199 Å². The predicted molar refractivity (Wildman–Crippen MR) is 124 cm³/mol. The summed E-state index contributed by atoms with van der Waals surface area (Å²) in [5.74, 6) is -0.0769. The fourth-order valence-electron chi connectivity index (χ4n) is 4.44. The van der Waals surface area contributed by atoms with Gasteiger partial charge in [0.25, 0.3) is 5.91 Å². The number of rotatable bonds is 4. The first-order valence-electron chi connectivity index (χ1n) is 10.8. The Balaban J connectivity index is 1.26. The molecule has 3 heterocycles. The summed E-state index contributed by atoms with van der Waals surface area (Å²) in [5, 5.41) is 12.8. The average Bonchev–Trinajstić information content (AvgIpc) is 3.52. The zero-order chi connectivity index (χ0) is 22.9. The number of aromatic nitrogens is 1. The number of furan rings is 1. The van der Waals surface area contributed by atoms with Crippen LogP contribution in [0.2, 0.25) is 0 Å². The molecule has 8 heteroatoms. The normalized spacial score (nSPS) is 18.7. The maximum Gasteiger partial charge on any atom is 0.291 e. The van der Waals surface area contributed by atoms with E-state index in [1.54, 1.807) is 24.4 Å². The molecule has 7 nitrogen and oxygen atoms in total. The first-order valence-corrected chi connectivity index (χ1v) is 11.6. The fourth-order valence-corrected chi connectivity index (χ4v) is 4.71. The second kappa shape index (κ2) is 8.75. The van der Waals surface area contributed by atoms with Crippen LogP contribution in [0, 0.1) is 11.3 Å². The highest BCUT2D eigenvalue weighted by Gasteiger charge is 2.48. The van der Waals surface area contributed by atoms with E-state index in [2.05, 4.69) is 32.3 Å². The number of nitrogens with zero attached hydrogens (tertiary/aromatic N) is 2. The third kappa shape index (κ3) is 4.32. The number of nitriles is 1. The molecule has 1 spiro atoms. The van der Waals surface area contributed by atoms with E-state index in [1.165, 1.54) is 0 Å². The first kappa shape index (κ1) is 21.8. The lowest BCUT2D eigenvalue weighted by molar-refractivity contribution is -0.182. The van der Waals surface area contributed by atoms with E-state index in [0.29, 0.717) is 56.0 Å². The van der Waals surface area contributed by atoms with E-state index < -0.39 is 11.2 Å². The number of benzene rings is 1. The Morgan fingerprint density at radius 3 is 2.36 bits per heavy atom. The minimum absolute atomic E-state index is 0.208. The SMILES string of the molecule is N#CC1(c2ccc(NC(=O)c3ccc(-c4ccc(Br)cc4)o3)cn2)CCC2(CC1)OCCO2. The monoisotopic (exact) mass is 507 g/mol. The molecule has 1 saturated heterocycles. The van der Waals surface area contributed by atoms with Crippen molar-refractivity contribution in [2.24, 2.45) is 0 Å². The number of hydrogen-bond donors (Lipinski definition) is 1. The highest BCUT2D eigenvalue weighted by atomic mass is 79.9. The second-order valence-corrected chi connectivity index (χ2v) is 9.27. The van der Waals surface area contributed by atoms with Gasteiger partial charge in [-0.25, -0.2) is 0 Å². The Kier molecular flexibility index (Phi) is 5.79. The van der Waals surface area contributed by atoms with E-state index in [4.69, 9.17) is 13.9 Å². The lowest BCUT2D eigenvalue weighted by atomic mass is 9.70. The summed E-state index contributed by atoms with van der Waals surface area (Å²) in [6.07, 6.45) is 4.15. The van der Waals surface area contributed by atoms with Gasteiger partial charge in [-0.1, -0.05) is 28.1 Å². The number of anilines is 1. The maximum absolute atomic E-state index is 12.6. The lowest BCUT2D eigenvalue weighted by Gasteiger charge is -2.39. The van der Waals surface area contributed by atoms with Crippen LogP contribution in [0.3, 0.4) is 0 Å². The molecule has 5 rings (SSSR count). The standard InChI is InChI=1S/C25H22BrN3O4/c26-18-3-1-17(2-4-18)20-6-7-21(33-20)23(30)29-19-5-8-22(28-15-19)24(16-27)9-11-25(12-10-24)31-13-14-32-25/h1-8,15H,9-14H2,(H,29,30). The second-order valence-electron chi connectivity index (χ2n) is 8.36. The molecule has 2 aromatic heterocycles. The van der Waals surface area contributed by atoms with Gasteiger partial charge in [0.15, 0.2) is 11.5 Å². The van der Waals surface area contributed by atoms with Crippen LogP contribution in [-0.2, 0) is 14.9 Å². The molecule has 1 aliphatic heterocycles. The van der Waals surface area contributed by atoms with Gasteiger partial charge in [0.05, 0.1) is 42.3 Å². The van der Waals surface area contributed by atoms with E-state index in [-0.39, 0.29) is 11.7 Å². The molecule has 33 heavy (non-hydrogen) atoms. The molecule has 0 unspecified atom stereocenters. The number of carbonyl (C=O) groups excluding carboxylic acids is 1. The number of hydrogen-bond acceptors (Lipinski definition) is 6. The van der Waals surface area contributed by atoms with Gasteiger partial charge in [-0.15, -0.1) is 0 Å². The van der Waals surface area contributed by atoms with Gasteiger partial charge in [0.2, 0.25) is 0 Å². The summed E-state index contributed by atoms with van der Waals surface area (Å²) < 4.78 is 18.3. The molecule has 1 amide bonds. The van der Waals surface area contributed by atoms with E-state index in [0.717, 1.165) is 10.0 Å². The lowest BCUT2D eigenvalue weighted by Crippen LogP contribution is -2.41. The largest absolute Gasteiger partial charge is 0.451 e. The molecular formula is C25H22BrN3O4. The highest BCUT2D eigenvalue weighted by molar-refractivity contribution is 9.10. The van der Waals surface area contributed by atoms with Gasteiger partial charge in [0.1, 0.15) is 5.76 Å². The number of halogens is 1. The number of carbonyl (C=O) groups is 1. The van der Waals surface area contributed by atoms with Crippen molar-refractivity contribution >= 4 is 27.5 Å². The van der Waals surface area contributed by atoms with Crippen molar-refractivity contribution in [3.05, 3.63) is 70.7 Å². The number of amides is 1. The van der Waals surface area contributed by atoms with E-state index >= 15 is 0 Å². The molecule has 1 aromatic carbocycles. The Morgan fingerprint density at radius 1 is 1.00 bits per heavy atom. The van der Waals surface area contributed by atoms with Gasteiger partial charge in [-0.3, -0.25) is 9.78 Å². The first-order chi connectivity index (χ1) is 16.0. The van der Waals surface area contributed by atoms with Crippen LogP contribution in [0.4, 0.5) is 5.69 Å². The van der Waals surface area contributed by atoms with Crippen LogP contribution in [0.25, 0.3) is 11.3 Å². The Morgan fingerprint density at radius 2 is 1.73 bits per heavy atom. The highest BCUT2D eigenvalue weighted by Crippen LogP contribution is 2.45. The van der Waals surface area contributed by atoms with Gasteiger partial charge in [-0.2, -0.15) is 5.26 Å². The third-order valence-electron chi connectivity index (χ3n) is 6.36. The minimum Gasteiger partial charge on any atom is -0.451 e. The van der Waals surface area contributed by atoms with Crippen LogP contribution < -0.4 is 5.32 Å². The molecule has 168 valence electrons. The van der Waals surface area contributed by atoms with Crippen molar-refractivity contribution < 1.29 is 18.7 Å². The van der Waals surface area contributed by atoms with Gasteiger partial charge in [-0.05, 0) is 49.2 Å². The molecule has 1 aliphatic carbocycles. The van der Waals surface area contributed by atoms with Crippen molar-refractivity contribution in [3.8, 4) is 17.4 Å². The summed E-state index contributed by atoms with van der Waals surface area (Å²) in [7, 11) is 0. The summed E-state index contributed by atoms with van der Waals surface area (Å²) in [6, 6.07) is 17.1. The molecule has 1 N–H and O–H groups in total. The van der Waals surface area contributed by atoms with Crippen LogP contribution in [0.1, 0.15) is 41.9 Å². The number of ether oxygens (including phenoxy) is 2. The minimum atomic E-state index is -0.677. The molecule has 0 bridgehead atoms. The quantitative estimate of drug-likeness (QED) is 0.505. The van der Waals surface area contributed by atoms with Crippen molar-refractivity contribution in [1.29, 1.82) is 5.26 Å². The van der Waals surface area contributed by atoms with Crippen molar-refractivity contribution in [2.75, 3.05) is 18.5 Å². The Bertz CT molecular complexity index is 1180. The predicted octanol–water partition coefficient (Wildman–Crippen LogP) is 5.43. The van der Waals surface area contributed by atoms with Crippen LogP contribution >= 0.6 is 15.9 Å². The van der Waals surface area contributed by atoms with Crippen LogP contribution in [-0.4, -0.2) is 29.9 Å². The van der Waals surface area contributed by atoms with Gasteiger partial charge in [0, 0.05) is 22.9 Å². The summed E-state index contributed by atoms with van der Waals surface area (Å²) in [5.41, 5.74) is 1.44. The van der Waals surface area contributed by atoms with E-state index in [1.807, 2.05) is 30.3 Å². The summed E-state index contributed by atoms with van der Waals surface area (Å²) >= 11 is 3.41. The zero-order valence-corrected chi connectivity index (χ0v) is 19.4. The topological polar surface area (TPSA) is 97.4 Å². The molecule has 0 atom stereocenters. The van der Waals surface area contributed by atoms with Gasteiger partial charge >= 0.3 is 0 Å². The molecule has 3 aromatic rings. The summed E-state index contributed by atoms with van der Waals surface area (Å²) in [6.45, 7) is 1.21. The molecule has 2 fully saturated rings. The van der Waals surface area contributed by atoms with Crippen molar-refractivity contribution in [1.82, 2.24) is 4.98 Å². The molecular weight excluding hydrogens is 486 g/mol. The van der Waals surface area contributed by atoms with Crippen molar-refractivity contribution in [3.63, 3.8) is 0 Å².